The van der Waals surface area contributed by atoms with Gasteiger partial charge in [-0.25, -0.2) is 0 Å². The molecule has 26 heavy (non-hydrogen) atoms. The molecule has 5 heteroatoms. The molecule has 1 amide bonds. The van der Waals surface area contributed by atoms with Crippen molar-refractivity contribution >= 4 is 5.91 Å². The molecular weight excluding hydrogens is 330 g/mol. The Hall–Kier alpha value is -2.69. The molecule has 0 aromatic heterocycles. The predicted octanol–water partition coefficient (Wildman–Crippen LogP) is 4.05. The minimum absolute atomic E-state index is 0.0750. The highest BCUT2D eigenvalue weighted by atomic mass is 16.5. The van der Waals surface area contributed by atoms with Gasteiger partial charge in [0.15, 0.2) is 6.10 Å². The molecule has 0 fully saturated rings. The van der Waals surface area contributed by atoms with Crippen LogP contribution in [-0.2, 0) is 4.79 Å². The number of hydrogen-bond donors (Lipinski definition) is 1. The first-order valence-electron chi connectivity index (χ1n) is 8.74. The highest BCUT2D eigenvalue weighted by Crippen LogP contribution is 2.24. The molecule has 0 unspecified atom stereocenters. The lowest BCUT2D eigenvalue weighted by molar-refractivity contribution is -0.128. The van der Waals surface area contributed by atoms with Gasteiger partial charge in [-0.2, -0.15) is 0 Å². The molecule has 0 aliphatic rings. The van der Waals surface area contributed by atoms with Gasteiger partial charge in [-0.15, -0.1) is 0 Å². The summed E-state index contributed by atoms with van der Waals surface area (Å²) in [5.74, 6) is 2.06. The zero-order chi connectivity index (χ0) is 19.1. The molecule has 5 nitrogen and oxygen atoms in total. The van der Waals surface area contributed by atoms with E-state index in [0.29, 0.717) is 5.75 Å². The van der Waals surface area contributed by atoms with Crippen molar-refractivity contribution in [2.24, 2.45) is 0 Å². The van der Waals surface area contributed by atoms with E-state index in [1.54, 1.807) is 45.4 Å². The number of rotatable bonds is 8. The van der Waals surface area contributed by atoms with Crippen LogP contribution >= 0.6 is 0 Å². The van der Waals surface area contributed by atoms with Crippen LogP contribution in [0.5, 0.6) is 17.2 Å². The summed E-state index contributed by atoms with van der Waals surface area (Å²) in [5.41, 5.74) is 2.09. The van der Waals surface area contributed by atoms with Crippen molar-refractivity contribution in [2.45, 2.75) is 39.3 Å². The van der Waals surface area contributed by atoms with Crippen molar-refractivity contribution in [3.8, 4) is 17.2 Å². The summed E-state index contributed by atoms with van der Waals surface area (Å²) in [7, 11) is 3.26. The molecule has 2 aromatic carbocycles. The molecule has 0 saturated heterocycles. The van der Waals surface area contributed by atoms with E-state index in [9.17, 15) is 4.79 Å². The number of carbonyl (C=O) groups is 1. The molecule has 2 aromatic rings. The maximum absolute atomic E-state index is 12.5. The molecule has 0 spiro atoms. The van der Waals surface area contributed by atoms with Gasteiger partial charge in [-0.3, -0.25) is 4.79 Å². The van der Waals surface area contributed by atoms with Gasteiger partial charge >= 0.3 is 0 Å². The van der Waals surface area contributed by atoms with Gasteiger partial charge < -0.3 is 19.5 Å². The van der Waals surface area contributed by atoms with E-state index >= 15 is 0 Å². The molecule has 0 bridgehead atoms. The molecule has 2 atom stereocenters. The van der Waals surface area contributed by atoms with Crippen LogP contribution in [0.15, 0.2) is 42.5 Å². The van der Waals surface area contributed by atoms with Gasteiger partial charge in [0, 0.05) is 0 Å². The predicted molar refractivity (Wildman–Crippen MR) is 102 cm³/mol. The zero-order valence-corrected chi connectivity index (χ0v) is 16.0. The van der Waals surface area contributed by atoms with Gasteiger partial charge in [0.25, 0.3) is 5.91 Å². The fourth-order valence-corrected chi connectivity index (χ4v) is 2.74. The van der Waals surface area contributed by atoms with Crippen molar-refractivity contribution < 1.29 is 19.0 Å². The number of hydrogen-bond acceptors (Lipinski definition) is 4. The molecule has 1 N–H and O–H groups in total. The smallest absolute Gasteiger partial charge is 0.261 e. The lowest BCUT2D eigenvalue weighted by Crippen LogP contribution is -2.38. The molecular formula is C21H27NO4. The van der Waals surface area contributed by atoms with Crippen molar-refractivity contribution in [3.05, 3.63) is 53.6 Å². The molecule has 0 heterocycles. The summed E-state index contributed by atoms with van der Waals surface area (Å²) < 4.78 is 16.1. The third-order valence-corrected chi connectivity index (χ3v) is 4.29. The van der Waals surface area contributed by atoms with Gasteiger partial charge in [0.2, 0.25) is 0 Å². The summed E-state index contributed by atoms with van der Waals surface area (Å²) in [6.45, 7) is 5.78. The second kappa shape index (κ2) is 9.13. The van der Waals surface area contributed by atoms with Crippen LogP contribution in [0.1, 0.15) is 37.4 Å². The Balaban J connectivity index is 2.01. The Kier molecular flexibility index (Phi) is 6.89. The highest BCUT2D eigenvalue weighted by Gasteiger charge is 2.20. The van der Waals surface area contributed by atoms with Gasteiger partial charge in [-0.05, 0) is 61.7 Å². The normalized spacial score (nSPS) is 12.8. The SMILES string of the molecule is CC[C@H](NC(=O)[C@@H](C)Oc1ccc(OC)cc1)c1ccc(OC)c(C)c1. The summed E-state index contributed by atoms with van der Waals surface area (Å²) in [6, 6.07) is 13.0. The second-order valence-corrected chi connectivity index (χ2v) is 6.13. The number of amides is 1. The number of aryl methyl sites for hydroxylation is 1. The maximum Gasteiger partial charge on any atom is 0.261 e. The fourth-order valence-electron chi connectivity index (χ4n) is 2.74. The van der Waals surface area contributed by atoms with Crippen LogP contribution < -0.4 is 19.5 Å². The first-order valence-corrected chi connectivity index (χ1v) is 8.74. The minimum atomic E-state index is -0.600. The Morgan fingerprint density at radius 3 is 2.23 bits per heavy atom. The molecule has 0 saturated carbocycles. The highest BCUT2D eigenvalue weighted by molar-refractivity contribution is 5.81. The first kappa shape index (κ1) is 19.6. The van der Waals surface area contributed by atoms with Gasteiger partial charge in [-0.1, -0.05) is 19.1 Å². The molecule has 0 aliphatic heterocycles. The Morgan fingerprint density at radius 1 is 1.04 bits per heavy atom. The Morgan fingerprint density at radius 2 is 1.69 bits per heavy atom. The van der Waals surface area contributed by atoms with Gasteiger partial charge in [0.05, 0.1) is 20.3 Å². The number of benzene rings is 2. The summed E-state index contributed by atoms with van der Waals surface area (Å²) in [5, 5.41) is 3.06. The van der Waals surface area contributed by atoms with E-state index in [2.05, 4.69) is 5.32 Å². The van der Waals surface area contributed by atoms with Crippen molar-refractivity contribution in [2.75, 3.05) is 14.2 Å². The molecule has 0 aliphatic carbocycles. The van der Waals surface area contributed by atoms with Crippen LogP contribution in [0.4, 0.5) is 0 Å². The average Bonchev–Trinajstić information content (AvgIpc) is 2.66. The lowest BCUT2D eigenvalue weighted by atomic mass is 10.0. The summed E-state index contributed by atoms with van der Waals surface area (Å²) in [4.78, 5) is 12.5. The largest absolute Gasteiger partial charge is 0.497 e. The van der Waals surface area contributed by atoms with E-state index in [1.807, 2.05) is 32.0 Å². The van der Waals surface area contributed by atoms with E-state index in [1.165, 1.54) is 0 Å². The number of methoxy groups -OCH3 is 2. The van der Waals surface area contributed by atoms with Crippen molar-refractivity contribution in [1.82, 2.24) is 5.32 Å². The Labute approximate surface area is 155 Å². The van der Waals surface area contributed by atoms with Crippen molar-refractivity contribution in [3.63, 3.8) is 0 Å². The van der Waals surface area contributed by atoms with Crippen LogP contribution in [-0.4, -0.2) is 26.2 Å². The minimum Gasteiger partial charge on any atom is -0.497 e. The standard InChI is InChI=1S/C21H27NO4/c1-6-19(16-7-12-20(25-5)14(2)13-16)22-21(23)15(3)26-18-10-8-17(24-4)9-11-18/h7-13,15,19H,6H2,1-5H3,(H,22,23)/t15-,19+/m1/s1. The van der Waals surface area contributed by atoms with Crippen LogP contribution in [0, 0.1) is 6.92 Å². The topological polar surface area (TPSA) is 56.8 Å². The maximum atomic E-state index is 12.5. The van der Waals surface area contributed by atoms with Crippen molar-refractivity contribution in [1.29, 1.82) is 0 Å². The number of nitrogens with one attached hydrogen (secondary N) is 1. The van der Waals surface area contributed by atoms with E-state index < -0.39 is 6.10 Å². The monoisotopic (exact) mass is 357 g/mol. The van der Waals surface area contributed by atoms with Gasteiger partial charge in [0.1, 0.15) is 17.2 Å². The average molecular weight is 357 g/mol. The fraction of sp³-hybridized carbons (Fsp3) is 0.381. The third-order valence-electron chi connectivity index (χ3n) is 4.29. The van der Waals surface area contributed by atoms with Crippen LogP contribution in [0.25, 0.3) is 0 Å². The first-order chi connectivity index (χ1) is 12.5. The number of ether oxygens (including phenoxy) is 3. The molecule has 140 valence electrons. The van der Waals surface area contributed by atoms with Crippen LogP contribution in [0.2, 0.25) is 0 Å². The van der Waals surface area contributed by atoms with Crippen LogP contribution in [0.3, 0.4) is 0 Å². The summed E-state index contributed by atoms with van der Waals surface area (Å²) in [6.07, 6.45) is 0.184. The lowest BCUT2D eigenvalue weighted by Gasteiger charge is -2.22. The quantitative estimate of drug-likeness (QED) is 0.774. The van der Waals surface area contributed by atoms with E-state index in [-0.39, 0.29) is 11.9 Å². The molecule has 2 rings (SSSR count). The Bertz CT molecular complexity index is 727. The number of carbonyl (C=O) groups excluding carboxylic acids is 1. The second-order valence-electron chi connectivity index (χ2n) is 6.13. The summed E-state index contributed by atoms with van der Waals surface area (Å²) >= 11 is 0. The molecule has 0 radical (unpaired) electrons. The van der Waals surface area contributed by atoms with E-state index in [4.69, 9.17) is 14.2 Å². The zero-order valence-electron chi connectivity index (χ0n) is 16.0. The third kappa shape index (κ3) is 4.91. The van der Waals surface area contributed by atoms with E-state index in [0.717, 1.165) is 29.0 Å².